The first-order chi connectivity index (χ1) is 7.70. The second-order valence-corrected chi connectivity index (χ2v) is 5.77. The lowest BCUT2D eigenvalue weighted by Crippen LogP contribution is -2.41. The molecule has 16 heavy (non-hydrogen) atoms. The van der Waals surface area contributed by atoms with Gasteiger partial charge in [0, 0.05) is 5.03 Å². The first kappa shape index (κ1) is 12.3. The Hall–Kier alpha value is -0.210. The topological polar surface area (TPSA) is 29.1 Å². The number of amides is 1. The summed E-state index contributed by atoms with van der Waals surface area (Å²) >= 11 is 11.7. The highest BCUT2D eigenvalue weighted by molar-refractivity contribution is 6.35. The molecule has 1 atom stereocenters. The summed E-state index contributed by atoms with van der Waals surface area (Å²) < 4.78 is 0. The Balaban J connectivity index is 2.15. The van der Waals surface area contributed by atoms with Gasteiger partial charge in [0.25, 0.3) is 0 Å². The van der Waals surface area contributed by atoms with E-state index in [4.69, 9.17) is 23.2 Å². The average molecular weight is 262 g/mol. The van der Waals surface area contributed by atoms with Crippen LogP contribution in [0.1, 0.15) is 32.1 Å². The molecular weight excluding hydrogens is 245 g/mol. The molecule has 0 aliphatic heterocycles. The summed E-state index contributed by atoms with van der Waals surface area (Å²) in [5.74, 6) is 1.18. The first-order valence-electron chi connectivity index (χ1n) is 5.82. The van der Waals surface area contributed by atoms with Crippen molar-refractivity contribution < 1.29 is 4.79 Å². The second kappa shape index (κ2) is 4.97. The highest BCUT2D eigenvalue weighted by atomic mass is 35.5. The van der Waals surface area contributed by atoms with Crippen molar-refractivity contribution in [2.75, 3.05) is 5.88 Å². The van der Waals surface area contributed by atoms with Crippen LogP contribution in [0, 0.1) is 11.3 Å². The molecule has 2 saturated carbocycles. The van der Waals surface area contributed by atoms with Crippen LogP contribution < -0.4 is 5.32 Å². The van der Waals surface area contributed by atoms with Crippen molar-refractivity contribution in [1.82, 2.24) is 5.32 Å². The van der Waals surface area contributed by atoms with Gasteiger partial charge in [0.2, 0.25) is 6.41 Å². The largest absolute Gasteiger partial charge is 0.352 e. The third-order valence-electron chi connectivity index (χ3n) is 4.18. The molecule has 1 amide bonds. The van der Waals surface area contributed by atoms with Crippen molar-refractivity contribution in [3.63, 3.8) is 0 Å². The molecule has 90 valence electrons. The van der Waals surface area contributed by atoms with Crippen LogP contribution in [0.25, 0.3) is 0 Å². The van der Waals surface area contributed by atoms with Gasteiger partial charge in [-0.05, 0) is 49.5 Å². The van der Waals surface area contributed by atoms with Crippen LogP contribution in [-0.2, 0) is 4.79 Å². The van der Waals surface area contributed by atoms with Gasteiger partial charge in [-0.3, -0.25) is 4.79 Å². The molecule has 2 nitrogen and oxygen atoms in total. The molecule has 2 aliphatic rings. The van der Waals surface area contributed by atoms with Gasteiger partial charge in [0.1, 0.15) is 0 Å². The maximum Gasteiger partial charge on any atom is 0.207 e. The summed E-state index contributed by atoms with van der Waals surface area (Å²) in [5, 5.41) is 3.54. The number of hydrogen-bond donors (Lipinski definition) is 1. The average Bonchev–Trinajstić information content (AvgIpc) is 2.89. The van der Waals surface area contributed by atoms with Gasteiger partial charge in [-0.1, -0.05) is 11.6 Å². The quantitative estimate of drug-likeness (QED) is 0.598. The van der Waals surface area contributed by atoms with Crippen LogP contribution in [0.5, 0.6) is 0 Å². The Bertz CT molecular complexity index is 295. The maximum atomic E-state index is 10.7. The Morgan fingerprint density at radius 2 is 2.19 bits per heavy atom. The minimum absolute atomic E-state index is 0.0590. The van der Waals surface area contributed by atoms with Crippen molar-refractivity contribution in [2.24, 2.45) is 11.3 Å². The van der Waals surface area contributed by atoms with Gasteiger partial charge >= 0.3 is 0 Å². The van der Waals surface area contributed by atoms with E-state index in [1.54, 1.807) is 0 Å². The number of halogens is 2. The number of carbonyl (C=O) groups excluding carboxylic acids is 1. The van der Waals surface area contributed by atoms with E-state index in [1.807, 2.05) is 6.08 Å². The Morgan fingerprint density at radius 1 is 1.50 bits per heavy atom. The number of rotatable bonds is 5. The van der Waals surface area contributed by atoms with Gasteiger partial charge in [-0.2, -0.15) is 0 Å². The van der Waals surface area contributed by atoms with E-state index in [2.05, 4.69) is 5.32 Å². The number of alkyl halides is 1. The van der Waals surface area contributed by atoms with Gasteiger partial charge in [0.05, 0.1) is 11.9 Å². The van der Waals surface area contributed by atoms with E-state index in [-0.39, 0.29) is 11.5 Å². The van der Waals surface area contributed by atoms with Gasteiger partial charge < -0.3 is 5.32 Å². The SMILES string of the molecule is O=CN[C@H](/C=C(\Cl)CCl)C12CCC(CC1)C2. The second-order valence-electron chi connectivity index (χ2n) is 5.02. The van der Waals surface area contributed by atoms with Crippen molar-refractivity contribution in [1.29, 1.82) is 0 Å². The molecule has 2 aliphatic carbocycles. The van der Waals surface area contributed by atoms with Crippen LogP contribution in [0.2, 0.25) is 0 Å². The summed E-state index contributed by atoms with van der Waals surface area (Å²) in [7, 11) is 0. The molecule has 2 rings (SSSR count). The number of allylic oxidation sites excluding steroid dienone is 1. The van der Waals surface area contributed by atoms with Gasteiger partial charge in [0.15, 0.2) is 0 Å². The van der Waals surface area contributed by atoms with E-state index in [9.17, 15) is 4.79 Å². The van der Waals surface area contributed by atoms with Crippen molar-refractivity contribution >= 4 is 29.6 Å². The number of fused-ring (bicyclic) bond motifs is 2. The fraction of sp³-hybridized carbons (Fsp3) is 0.750. The number of carbonyl (C=O) groups is 1. The normalized spacial score (nSPS) is 35.1. The molecule has 0 aromatic carbocycles. The van der Waals surface area contributed by atoms with Gasteiger partial charge in [-0.25, -0.2) is 0 Å². The highest BCUT2D eigenvalue weighted by Gasteiger charge is 2.48. The zero-order chi connectivity index (χ0) is 11.6. The Labute approximate surface area is 106 Å². The fourth-order valence-corrected chi connectivity index (χ4v) is 3.59. The lowest BCUT2D eigenvalue weighted by Gasteiger charge is -2.33. The Kier molecular flexibility index (Phi) is 3.81. The first-order valence-corrected chi connectivity index (χ1v) is 6.73. The summed E-state index contributed by atoms with van der Waals surface area (Å²) in [6.07, 6.45) is 8.92. The highest BCUT2D eigenvalue weighted by Crippen LogP contribution is 2.56. The van der Waals surface area contributed by atoms with Crippen LogP contribution >= 0.6 is 23.2 Å². The van der Waals surface area contributed by atoms with E-state index in [0.29, 0.717) is 10.9 Å². The van der Waals surface area contributed by atoms with Crippen LogP contribution in [0.3, 0.4) is 0 Å². The lowest BCUT2D eigenvalue weighted by molar-refractivity contribution is -0.110. The minimum Gasteiger partial charge on any atom is -0.352 e. The molecule has 4 heteroatoms. The van der Waals surface area contributed by atoms with Crippen molar-refractivity contribution in [3.8, 4) is 0 Å². The van der Waals surface area contributed by atoms with Crippen molar-refractivity contribution in [3.05, 3.63) is 11.1 Å². The lowest BCUT2D eigenvalue weighted by atomic mass is 9.77. The molecule has 0 spiro atoms. The summed E-state index contributed by atoms with van der Waals surface area (Å²) in [4.78, 5) is 10.7. The predicted molar refractivity (Wildman–Crippen MR) is 66.7 cm³/mol. The predicted octanol–water partition coefficient (Wildman–Crippen LogP) is 3.04. The molecule has 1 N–H and O–H groups in total. The summed E-state index contributed by atoms with van der Waals surface area (Å²) in [6.45, 7) is 0. The molecule has 0 saturated heterocycles. The summed E-state index contributed by atoms with van der Waals surface area (Å²) in [5.41, 5.74) is 0.248. The molecule has 2 fully saturated rings. The summed E-state index contributed by atoms with van der Waals surface area (Å²) in [6, 6.07) is 0.0590. The third kappa shape index (κ3) is 2.23. The fourth-order valence-electron chi connectivity index (χ4n) is 3.37. The molecule has 0 radical (unpaired) electrons. The van der Waals surface area contributed by atoms with E-state index in [1.165, 1.54) is 32.1 Å². The number of hydrogen-bond acceptors (Lipinski definition) is 1. The zero-order valence-electron chi connectivity index (χ0n) is 9.22. The van der Waals surface area contributed by atoms with E-state index < -0.39 is 0 Å². The van der Waals surface area contributed by atoms with Crippen LogP contribution in [0.4, 0.5) is 0 Å². The van der Waals surface area contributed by atoms with Gasteiger partial charge in [-0.15, -0.1) is 11.6 Å². The smallest absolute Gasteiger partial charge is 0.207 e. The Morgan fingerprint density at radius 3 is 2.62 bits per heavy atom. The molecule has 0 aromatic heterocycles. The number of nitrogens with one attached hydrogen (secondary N) is 1. The molecule has 2 bridgehead atoms. The maximum absolute atomic E-state index is 10.7. The standard InChI is InChI=1S/C12H17Cl2NO/c13-7-10(14)5-11(15-8-16)12-3-1-9(6-12)2-4-12/h5,8-9,11H,1-4,6-7H2,(H,15,16)/b10-5-/t9?,11-,12?/m1/s1. The van der Waals surface area contributed by atoms with Crippen molar-refractivity contribution in [2.45, 2.75) is 38.1 Å². The molecule has 0 aromatic rings. The van der Waals surface area contributed by atoms with E-state index in [0.717, 1.165) is 12.3 Å². The molecular formula is C12H17Cl2NO. The monoisotopic (exact) mass is 261 g/mol. The minimum atomic E-state index is 0.0590. The molecule has 0 unspecified atom stereocenters. The zero-order valence-corrected chi connectivity index (χ0v) is 10.7. The van der Waals surface area contributed by atoms with Crippen LogP contribution in [-0.4, -0.2) is 18.3 Å². The molecule has 0 heterocycles. The van der Waals surface area contributed by atoms with E-state index >= 15 is 0 Å². The third-order valence-corrected chi connectivity index (χ3v) is 4.86. The van der Waals surface area contributed by atoms with Crippen LogP contribution in [0.15, 0.2) is 11.1 Å².